The van der Waals surface area contributed by atoms with Gasteiger partial charge in [0.05, 0.1) is 13.2 Å². The Morgan fingerprint density at radius 3 is 2.74 bits per heavy atom. The molecule has 7 heteroatoms. The van der Waals surface area contributed by atoms with Crippen LogP contribution in [-0.4, -0.2) is 52.1 Å². The van der Waals surface area contributed by atoms with E-state index in [2.05, 4.69) is 20.3 Å². The zero-order valence-corrected chi connectivity index (χ0v) is 13.0. The second kappa shape index (κ2) is 7.15. The first-order chi connectivity index (χ1) is 11.2. The van der Waals surface area contributed by atoms with E-state index < -0.39 is 0 Å². The van der Waals surface area contributed by atoms with E-state index in [1.165, 1.54) is 0 Å². The molecule has 120 valence electrons. The minimum Gasteiger partial charge on any atom is -0.378 e. The Hall–Kier alpha value is -2.54. The molecule has 0 spiro atoms. The van der Waals surface area contributed by atoms with Crippen molar-refractivity contribution < 1.29 is 9.53 Å². The molecule has 0 bridgehead atoms. The maximum Gasteiger partial charge on any atom is 0.272 e. The Labute approximate surface area is 134 Å². The predicted molar refractivity (Wildman–Crippen MR) is 85.1 cm³/mol. The van der Waals surface area contributed by atoms with Gasteiger partial charge in [0.15, 0.2) is 0 Å². The zero-order valence-electron chi connectivity index (χ0n) is 13.0. The summed E-state index contributed by atoms with van der Waals surface area (Å²) in [5.41, 5.74) is 2.25. The SMILES string of the molecule is Cc1cc(C(=O)N2CCOCC2)nc(NCc2ccncc2)n1. The van der Waals surface area contributed by atoms with Crippen LogP contribution in [0, 0.1) is 6.92 Å². The quantitative estimate of drug-likeness (QED) is 0.915. The molecule has 1 aliphatic heterocycles. The molecule has 23 heavy (non-hydrogen) atoms. The lowest BCUT2D eigenvalue weighted by Gasteiger charge is -2.26. The van der Waals surface area contributed by atoms with Gasteiger partial charge in [-0.1, -0.05) is 0 Å². The molecule has 1 N–H and O–H groups in total. The fraction of sp³-hybridized carbons (Fsp3) is 0.375. The van der Waals surface area contributed by atoms with Gasteiger partial charge in [-0.3, -0.25) is 9.78 Å². The number of anilines is 1. The highest BCUT2D eigenvalue weighted by atomic mass is 16.5. The Morgan fingerprint density at radius 1 is 1.26 bits per heavy atom. The topological polar surface area (TPSA) is 80.2 Å². The number of rotatable bonds is 4. The van der Waals surface area contributed by atoms with E-state index in [9.17, 15) is 4.79 Å². The van der Waals surface area contributed by atoms with E-state index in [1.54, 1.807) is 23.4 Å². The smallest absolute Gasteiger partial charge is 0.272 e. The fourth-order valence-corrected chi connectivity index (χ4v) is 2.37. The first-order valence-corrected chi connectivity index (χ1v) is 7.58. The summed E-state index contributed by atoms with van der Waals surface area (Å²) in [6.45, 7) is 4.78. The lowest BCUT2D eigenvalue weighted by molar-refractivity contribution is 0.0299. The number of morpholine rings is 1. The van der Waals surface area contributed by atoms with Crippen LogP contribution in [0.2, 0.25) is 0 Å². The highest BCUT2D eigenvalue weighted by molar-refractivity contribution is 5.92. The standard InChI is InChI=1S/C16H19N5O2/c1-12-10-14(15(22)21-6-8-23-9-7-21)20-16(19-12)18-11-13-2-4-17-5-3-13/h2-5,10H,6-9,11H2,1H3,(H,18,19,20). The molecule has 0 radical (unpaired) electrons. The molecule has 0 atom stereocenters. The molecule has 1 fully saturated rings. The molecule has 0 aliphatic carbocycles. The third kappa shape index (κ3) is 4.01. The molecule has 3 rings (SSSR count). The predicted octanol–water partition coefficient (Wildman–Crippen LogP) is 1.26. The summed E-state index contributed by atoms with van der Waals surface area (Å²) in [7, 11) is 0. The number of hydrogen-bond donors (Lipinski definition) is 1. The van der Waals surface area contributed by atoms with Crippen molar-refractivity contribution in [2.75, 3.05) is 31.6 Å². The minimum atomic E-state index is -0.0780. The van der Waals surface area contributed by atoms with Crippen LogP contribution < -0.4 is 5.32 Å². The van der Waals surface area contributed by atoms with Crippen LogP contribution in [0.25, 0.3) is 0 Å². The van der Waals surface area contributed by atoms with Crippen molar-refractivity contribution in [3.8, 4) is 0 Å². The number of aryl methyl sites for hydroxylation is 1. The molecule has 0 aromatic carbocycles. The van der Waals surface area contributed by atoms with Crippen LogP contribution in [0.3, 0.4) is 0 Å². The largest absolute Gasteiger partial charge is 0.378 e. The third-order valence-electron chi connectivity index (χ3n) is 3.57. The number of amides is 1. The summed E-state index contributed by atoms with van der Waals surface area (Å²) in [4.78, 5) is 27.0. The van der Waals surface area contributed by atoms with Gasteiger partial charge >= 0.3 is 0 Å². The number of hydrogen-bond acceptors (Lipinski definition) is 6. The molecular weight excluding hydrogens is 294 g/mol. The van der Waals surface area contributed by atoms with E-state index >= 15 is 0 Å². The van der Waals surface area contributed by atoms with Gasteiger partial charge in [0.2, 0.25) is 5.95 Å². The van der Waals surface area contributed by atoms with Crippen LogP contribution in [0.1, 0.15) is 21.7 Å². The van der Waals surface area contributed by atoms with Gasteiger partial charge in [-0.2, -0.15) is 0 Å². The van der Waals surface area contributed by atoms with Gasteiger partial charge in [0.25, 0.3) is 5.91 Å². The van der Waals surface area contributed by atoms with Crippen LogP contribution in [0.15, 0.2) is 30.6 Å². The first-order valence-electron chi connectivity index (χ1n) is 7.58. The monoisotopic (exact) mass is 313 g/mol. The second-order valence-corrected chi connectivity index (χ2v) is 5.33. The van der Waals surface area contributed by atoms with Gasteiger partial charge in [-0.05, 0) is 30.7 Å². The first kappa shape index (κ1) is 15.4. The Bertz CT molecular complexity index is 671. The number of carbonyl (C=O) groups excluding carboxylic acids is 1. The summed E-state index contributed by atoms with van der Waals surface area (Å²) in [5, 5.41) is 3.15. The highest BCUT2D eigenvalue weighted by Gasteiger charge is 2.20. The minimum absolute atomic E-state index is 0.0780. The average Bonchev–Trinajstić information content (AvgIpc) is 2.60. The summed E-state index contributed by atoms with van der Waals surface area (Å²) >= 11 is 0. The third-order valence-corrected chi connectivity index (χ3v) is 3.57. The van der Waals surface area contributed by atoms with E-state index in [0.29, 0.717) is 44.5 Å². The maximum absolute atomic E-state index is 12.5. The van der Waals surface area contributed by atoms with E-state index in [1.807, 2.05) is 19.1 Å². The van der Waals surface area contributed by atoms with Gasteiger partial charge in [0, 0.05) is 37.7 Å². The van der Waals surface area contributed by atoms with Crippen molar-refractivity contribution in [3.63, 3.8) is 0 Å². The van der Waals surface area contributed by atoms with Gasteiger partial charge in [-0.15, -0.1) is 0 Å². The fourth-order valence-electron chi connectivity index (χ4n) is 2.37. The van der Waals surface area contributed by atoms with Crippen molar-refractivity contribution in [2.24, 2.45) is 0 Å². The second-order valence-electron chi connectivity index (χ2n) is 5.33. The molecule has 7 nitrogen and oxygen atoms in total. The molecule has 1 saturated heterocycles. The molecular formula is C16H19N5O2. The van der Waals surface area contributed by atoms with Gasteiger partial charge in [0.1, 0.15) is 5.69 Å². The van der Waals surface area contributed by atoms with Gasteiger partial charge in [-0.25, -0.2) is 9.97 Å². The number of nitrogens with one attached hydrogen (secondary N) is 1. The van der Waals surface area contributed by atoms with Crippen molar-refractivity contribution in [3.05, 3.63) is 47.5 Å². The number of aromatic nitrogens is 3. The zero-order chi connectivity index (χ0) is 16.1. The van der Waals surface area contributed by atoms with Gasteiger partial charge < -0.3 is 15.0 Å². The number of ether oxygens (including phenoxy) is 1. The van der Waals surface area contributed by atoms with Crippen LogP contribution in [0.5, 0.6) is 0 Å². The molecule has 2 aromatic heterocycles. The van der Waals surface area contributed by atoms with Crippen molar-refractivity contribution in [1.82, 2.24) is 19.9 Å². The summed E-state index contributed by atoms with van der Waals surface area (Å²) < 4.78 is 5.28. The van der Waals surface area contributed by atoms with Crippen molar-refractivity contribution in [1.29, 1.82) is 0 Å². The molecule has 0 saturated carbocycles. The number of carbonyl (C=O) groups is 1. The Balaban J connectivity index is 1.72. The molecule has 2 aromatic rings. The summed E-state index contributed by atoms with van der Waals surface area (Å²) in [5.74, 6) is 0.379. The van der Waals surface area contributed by atoms with Crippen LogP contribution in [0.4, 0.5) is 5.95 Å². The highest BCUT2D eigenvalue weighted by Crippen LogP contribution is 2.10. The average molecular weight is 313 g/mol. The molecule has 1 amide bonds. The van der Waals surface area contributed by atoms with E-state index in [0.717, 1.165) is 11.3 Å². The Kier molecular flexibility index (Phi) is 4.77. The lowest BCUT2D eigenvalue weighted by atomic mass is 10.2. The lowest BCUT2D eigenvalue weighted by Crippen LogP contribution is -2.41. The van der Waals surface area contributed by atoms with E-state index in [4.69, 9.17) is 4.74 Å². The number of pyridine rings is 1. The van der Waals surface area contributed by atoms with Crippen LogP contribution in [-0.2, 0) is 11.3 Å². The molecule has 0 unspecified atom stereocenters. The number of nitrogens with zero attached hydrogens (tertiary/aromatic N) is 4. The molecule has 1 aliphatic rings. The molecule has 3 heterocycles. The van der Waals surface area contributed by atoms with Crippen molar-refractivity contribution >= 4 is 11.9 Å². The van der Waals surface area contributed by atoms with E-state index in [-0.39, 0.29) is 5.91 Å². The van der Waals surface area contributed by atoms with Crippen LogP contribution >= 0.6 is 0 Å². The normalized spacial score (nSPS) is 14.6. The van der Waals surface area contributed by atoms with Crippen molar-refractivity contribution in [2.45, 2.75) is 13.5 Å². The summed E-state index contributed by atoms with van der Waals surface area (Å²) in [6.07, 6.45) is 3.48. The summed E-state index contributed by atoms with van der Waals surface area (Å²) in [6, 6.07) is 5.56. The maximum atomic E-state index is 12.5. The Morgan fingerprint density at radius 2 is 2.00 bits per heavy atom.